The van der Waals surface area contributed by atoms with Crippen LogP contribution in [0.2, 0.25) is 0 Å². The van der Waals surface area contributed by atoms with Crippen molar-refractivity contribution < 1.29 is 27.5 Å². The maximum Gasteiger partial charge on any atom is 0.428 e. The standard InChI is InChI=1S/C22H36F3N5O3/c23-22(24,25)21-29-18(13-33-21)20(32)30-9-5-14(6-10-30)3-1-2-7-27-19(31)17-11-15-12-26-8-4-16(15)28-17/h14-18,21,26,28-29H,1-13H2,(H,27,31). The van der Waals surface area contributed by atoms with Gasteiger partial charge in [-0.05, 0) is 57.0 Å². The smallest absolute Gasteiger partial charge is 0.355 e. The van der Waals surface area contributed by atoms with Crippen LogP contribution in [0.1, 0.15) is 44.9 Å². The third-order valence-corrected chi connectivity index (χ3v) is 7.52. The number of rotatable bonds is 7. The molecule has 4 fully saturated rings. The average Bonchev–Trinajstić information content (AvgIpc) is 3.46. The van der Waals surface area contributed by atoms with Gasteiger partial charge in [0.1, 0.15) is 6.04 Å². The fraction of sp³-hybridized carbons (Fsp3) is 0.909. The van der Waals surface area contributed by atoms with Crippen molar-refractivity contribution in [1.82, 2.24) is 26.2 Å². The van der Waals surface area contributed by atoms with E-state index in [1.165, 1.54) is 0 Å². The molecule has 11 heteroatoms. The van der Waals surface area contributed by atoms with E-state index < -0.39 is 18.4 Å². The van der Waals surface area contributed by atoms with E-state index in [1.807, 2.05) is 0 Å². The second-order valence-electron chi connectivity index (χ2n) is 9.84. The predicted octanol–water partition coefficient (Wildman–Crippen LogP) is 0.728. The number of carbonyl (C=O) groups is 2. The topological polar surface area (TPSA) is 94.7 Å². The molecule has 0 aromatic carbocycles. The van der Waals surface area contributed by atoms with Gasteiger partial charge in [-0.1, -0.05) is 12.8 Å². The molecular weight excluding hydrogens is 439 g/mol. The zero-order valence-corrected chi connectivity index (χ0v) is 19.0. The summed E-state index contributed by atoms with van der Waals surface area (Å²) in [4.78, 5) is 26.6. The SMILES string of the molecule is O=C(NCCCCC1CCN(C(=O)C2COC(C(F)(F)F)N2)CC1)C1CC2CNCCC2N1. The van der Waals surface area contributed by atoms with Crippen LogP contribution in [0.4, 0.5) is 13.2 Å². The number of piperidine rings is 2. The van der Waals surface area contributed by atoms with Crippen LogP contribution in [-0.2, 0) is 14.3 Å². The summed E-state index contributed by atoms with van der Waals surface area (Å²) in [6.45, 7) is 3.57. The lowest BCUT2D eigenvalue weighted by Crippen LogP contribution is -2.51. The van der Waals surface area contributed by atoms with Crippen LogP contribution in [0.5, 0.6) is 0 Å². The third-order valence-electron chi connectivity index (χ3n) is 7.52. The molecule has 0 aliphatic carbocycles. The molecule has 4 heterocycles. The van der Waals surface area contributed by atoms with Gasteiger partial charge in [0.25, 0.3) is 0 Å². The monoisotopic (exact) mass is 475 g/mol. The number of fused-ring (bicyclic) bond motifs is 1. The highest BCUT2D eigenvalue weighted by atomic mass is 19.4. The number of nitrogens with zero attached hydrogens (tertiary/aromatic N) is 1. The molecule has 4 N–H and O–H groups in total. The molecule has 0 aromatic rings. The molecule has 188 valence electrons. The summed E-state index contributed by atoms with van der Waals surface area (Å²) < 4.78 is 42.8. The molecule has 0 spiro atoms. The van der Waals surface area contributed by atoms with Gasteiger partial charge in [-0.25, -0.2) is 0 Å². The molecule has 33 heavy (non-hydrogen) atoms. The van der Waals surface area contributed by atoms with Gasteiger partial charge >= 0.3 is 6.18 Å². The Hall–Kier alpha value is -1.43. The number of hydrogen-bond acceptors (Lipinski definition) is 6. The highest BCUT2D eigenvalue weighted by Gasteiger charge is 2.47. The molecule has 5 unspecified atom stereocenters. The normalized spacial score (nSPS) is 33.2. The first kappa shape index (κ1) is 24.7. The lowest BCUT2D eigenvalue weighted by atomic mass is 9.91. The summed E-state index contributed by atoms with van der Waals surface area (Å²) in [6.07, 6.45) is 0.106. The minimum Gasteiger partial charge on any atom is -0.355 e. The molecule has 4 aliphatic rings. The van der Waals surface area contributed by atoms with Crippen LogP contribution in [0.15, 0.2) is 0 Å². The molecule has 4 saturated heterocycles. The Morgan fingerprint density at radius 1 is 1.06 bits per heavy atom. The number of ether oxygens (including phenoxy) is 1. The van der Waals surface area contributed by atoms with E-state index >= 15 is 0 Å². The number of likely N-dealkylation sites (tertiary alicyclic amines) is 1. The van der Waals surface area contributed by atoms with Crippen molar-refractivity contribution >= 4 is 11.8 Å². The Balaban J connectivity index is 1.06. The molecule has 0 radical (unpaired) electrons. The fourth-order valence-corrected chi connectivity index (χ4v) is 5.56. The van der Waals surface area contributed by atoms with E-state index in [1.54, 1.807) is 4.90 Å². The fourth-order valence-electron chi connectivity index (χ4n) is 5.56. The lowest BCUT2D eigenvalue weighted by Gasteiger charge is -2.33. The van der Waals surface area contributed by atoms with Gasteiger partial charge in [-0.2, -0.15) is 13.2 Å². The van der Waals surface area contributed by atoms with Gasteiger partial charge in [-0.15, -0.1) is 0 Å². The minimum atomic E-state index is -4.51. The molecule has 0 saturated carbocycles. The van der Waals surface area contributed by atoms with Crippen LogP contribution >= 0.6 is 0 Å². The maximum atomic E-state index is 12.7. The summed E-state index contributed by atoms with van der Waals surface area (Å²) in [6, 6.07) is -0.540. The van der Waals surface area contributed by atoms with Gasteiger partial charge in [-0.3, -0.25) is 14.9 Å². The first-order chi connectivity index (χ1) is 15.8. The van der Waals surface area contributed by atoms with Crippen LogP contribution < -0.4 is 21.3 Å². The van der Waals surface area contributed by atoms with Crippen LogP contribution in [0, 0.1) is 11.8 Å². The van der Waals surface area contributed by atoms with Gasteiger partial charge in [0, 0.05) is 25.7 Å². The molecule has 0 aromatic heterocycles. The molecule has 5 atom stereocenters. The van der Waals surface area contributed by atoms with Crippen molar-refractivity contribution in [2.24, 2.45) is 11.8 Å². The van der Waals surface area contributed by atoms with Crippen LogP contribution in [0.25, 0.3) is 0 Å². The van der Waals surface area contributed by atoms with Crippen molar-refractivity contribution in [2.75, 3.05) is 39.3 Å². The van der Waals surface area contributed by atoms with Gasteiger partial charge in [0.2, 0.25) is 18.0 Å². The van der Waals surface area contributed by atoms with E-state index in [0.717, 1.165) is 58.0 Å². The first-order valence-electron chi connectivity index (χ1n) is 12.3. The highest BCUT2D eigenvalue weighted by molar-refractivity contribution is 5.82. The van der Waals surface area contributed by atoms with Crippen LogP contribution in [0.3, 0.4) is 0 Å². The van der Waals surface area contributed by atoms with Crippen molar-refractivity contribution in [3.8, 4) is 0 Å². The second-order valence-corrected chi connectivity index (χ2v) is 9.84. The average molecular weight is 476 g/mol. The summed E-state index contributed by atoms with van der Waals surface area (Å²) in [7, 11) is 0. The number of alkyl halides is 3. The molecule has 2 amide bonds. The maximum absolute atomic E-state index is 12.7. The van der Waals surface area contributed by atoms with E-state index in [2.05, 4.69) is 21.3 Å². The Morgan fingerprint density at radius 3 is 2.55 bits per heavy atom. The van der Waals surface area contributed by atoms with Crippen molar-refractivity contribution in [2.45, 2.75) is 75.5 Å². The van der Waals surface area contributed by atoms with Gasteiger partial charge in [0.15, 0.2) is 0 Å². The highest BCUT2D eigenvalue weighted by Crippen LogP contribution is 2.27. The van der Waals surface area contributed by atoms with Gasteiger partial charge in [0.05, 0.1) is 12.6 Å². The third kappa shape index (κ3) is 6.37. The number of halogens is 3. The predicted molar refractivity (Wildman–Crippen MR) is 115 cm³/mol. The Morgan fingerprint density at radius 2 is 1.85 bits per heavy atom. The van der Waals surface area contributed by atoms with E-state index in [9.17, 15) is 22.8 Å². The van der Waals surface area contributed by atoms with E-state index in [4.69, 9.17) is 4.74 Å². The lowest BCUT2D eigenvalue weighted by molar-refractivity contribution is -0.212. The van der Waals surface area contributed by atoms with E-state index in [0.29, 0.717) is 37.5 Å². The zero-order valence-electron chi connectivity index (χ0n) is 19.0. The molecule has 4 aliphatic heterocycles. The minimum absolute atomic E-state index is 0.0760. The van der Waals surface area contributed by atoms with Crippen molar-refractivity contribution in [3.63, 3.8) is 0 Å². The number of hydrogen-bond donors (Lipinski definition) is 4. The Labute approximate surface area is 192 Å². The number of unbranched alkanes of at least 4 members (excludes halogenated alkanes) is 1. The summed E-state index contributed by atoms with van der Waals surface area (Å²) in [5, 5.41) is 12.2. The Bertz CT molecular complexity index is 673. The van der Waals surface area contributed by atoms with Crippen LogP contribution in [-0.4, -0.2) is 86.6 Å². The summed E-state index contributed by atoms with van der Waals surface area (Å²) in [5.41, 5.74) is 0. The van der Waals surface area contributed by atoms with Gasteiger partial charge < -0.3 is 25.6 Å². The van der Waals surface area contributed by atoms with E-state index in [-0.39, 0.29) is 24.5 Å². The quantitative estimate of drug-likeness (QED) is 0.406. The largest absolute Gasteiger partial charge is 0.428 e. The molecular formula is C22H36F3N5O3. The second kappa shape index (κ2) is 10.9. The molecule has 4 rings (SSSR count). The summed E-state index contributed by atoms with van der Waals surface area (Å²) in [5.74, 6) is 0.857. The first-order valence-corrected chi connectivity index (χ1v) is 12.3. The number of nitrogens with one attached hydrogen (secondary N) is 4. The number of carbonyl (C=O) groups excluding carboxylic acids is 2. The Kier molecular flexibility index (Phi) is 8.14. The summed E-state index contributed by atoms with van der Waals surface area (Å²) >= 11 is 0. The molecule has 8 nitrogen and oxygen atoms in total. The number of amides is 2. The van der Waals surface area contributed by atoms with Crippen molar-refractivity contribution in [3.05, 3.63) is 0 Å². The van der Waals surface area contributed by atoms with Crippen molar-refractivity contribution in [1.29, 1.82) is 0 Å². The zero-order chi connectivity index (χ0) is 23.4. The molecule has 0 bridgehead atoms.